The Kier molecular flexibility index (Phi) is 6.28. The molecule has 0 bridgehead atoms. The lowest BCUT2D eigenvalue weighted by Gasteiger charge is -2.19. The molecule has 0 saturated carbocycles. The van der Waals surface area contributed by atoms with Gasteiger partial charge in [0.15, 0.2) is 0 Å². The molecule has 0 aliphatic heterocycles. The average Bonchev–Trinajstić information content (AvgIpc) is 3.79. The fourth-order valence-electron chi connectivity index (χ4n) is 8.45. The Morgan fingerprint density at radius 2 is 0.827 bits per heavy atom. The van der Waals surface area contributed by atoms with Gasteiger partial charge in [-0.3, -0.25) is 0 Å². The third-order valence-corrected chi connectivity index (χ3v) is 10.7. The summed E-state index contributed by atoms with van der Waals surface area (Å²) in [5.41, 5.74) is 12.9. The molecule has 0 amide bonds. The van der Waals surface area contributed by atoms with Gasteiger partial charge in [0, 0.05) is 27.1 Å². The van der Waals surface area contributed by atoms with Gasteiger partial charge in [0.25, 0.3) is 0 Å². The Morgan fingerprint density at radius 1 is 0.269 bits per heavy atom. The van der Waals surface area contributed by atoms with Crippen molar-refractivity contribution in [2.24, 2.45) is 0 Å². The summed E-state index contributed by atoms with van der Waals surface area (Å²) in [5.74, 6) is 0. The van der Waals surface area contributed by atoms with Crippen molar-refractivity contribution < 1.29 is 8.83 Å². The highest BCUT2D eigenvalue weighted by molar-refractivity contribution is 6.26. The van der Waals surface area contributed by atoms with Crippen LogP contribution in [0.3, 0.4) is 0 Å². The molecule has 11 rings (SSSR count). The van der Waals surface area contributed by atoms with Gasteiger partial charge in [-0.05, 0) is 90.8 Å². The highest BCUT2D eigenvalue weighted by Crippen LogP contribution is 2.49. The molecule has 0 radical (unpaired) electrons. The van der Waals surface area contributed by atoms with Crippen LogP contribution in [-0.4, -0.2) is 0 Å². The minimum absolute atomic E-state index is 0.890. The molecule has 2 heterocycles. The third kappa shape index (κ3) is 4.25. The van der Waals surface area contributed by atoms with Crippen molar-refractivity contribution >= 4 is 65.4 Å². The first kappa shape index (κ1) is 28.9. The van der Waals surface area contributed by atoms with E-state index in [1.165, 1.54) is 54.9 Å². The van der Waals surface area contributed by atoms with Gasteiger partial charge in [-0.2, -0.15) is 0 Å². The SMILES string of the molecule is c1ccc(-c2c3ccccc3c(-c3cccc4oc5ccccc5c34)c3ccc(-c4ccc(-c5ccccc5)c5c4oc4ccccc45)cc23)cc1. The van der Waals surface area contributed by atoms with Crippen LogP contribution in [0.25, 0.3) is 110 Å². The van der Waals surface area contributed by atoms with E-state index in [9.17, 15) is 0 Å². The van der Waals surface area contributed by atoms with E-state index in [1.54, 1.807) is 0 Å². The molecule has 2 heteroatoms. The molecule has 0 atom stereocenters. The number of rotatable bonds is 4. The molecule has 52 heavy (non-hydrogen) atoms. The summed E-state index contributed by atoms with van der Waals surface area (Å²) < 4.78 is 13.2. The number of para-hydroxylation sites is 2. The molecule has 0 aliphatic carbocycles. The number of hydrogen-bond acceptors (Lipinski definition) is 2. The molecule has 0 fully saturated rings. The van der Waals surface area contributed by atoms with Gasteiger partial charge < -0.3 is 8.83 Å². The Balaban J connectivity index is 1.26. The van der Waals surface area contributed by atoms with Crippen LogP contribution in [0.15, 0.2) is 191 Å². The molecule has 0 N–H and O–H groups in total. The molecule has 2 aromatic heterocycles. The van der Waals surface area contributed by atoms with Gasteiger partial charge in [0.1, 0.15) is 22.3 Å². The summed E-state index contributed by atoms with van der Waals surface area (Å²) >= 11 is 0. The van der Waals surface area contributed by atoms with Gasteiger partial charge in [-0.15, -0.1) is 0 Å². The van der Waals surface area contributed by atoms with Gasteiger partial charge in [-0.1, -0.05) is 152 Å². The fourth-order valence-corrected chi connectivity index (χ4v) is 8.45. The van der Waals surface area contributed by atoms with Crippen molar-refractivity contribution in [3.63, 3.8) is 0 Å². The smallest absolute Gasteiger partial charge is 0.143 e. The lowest BCUT2D eigenvalue weighted by molar-refractivity contribution is 0.669. The van der Waals surface area contributed by atoms with Gasteiger partial charge >= 0.3 is 0 Å². The Morgan fingerprint density at radius 3 is 1.58 bits per heavy atom. The zero-order valence-corrected chi connectivity index (χ0v) is 28.1. The lowest BCUT2D eigenvalue weighted by Crippen LogP contribution is -1.92. The van der Waals surface area contributed by atoms with Crippen LogP contribution in [0.5, 0.6) is 0 Å². The fraction of sp³-hybridized carbons (Fsp3) is 0. The van der Waals surface area contributed by atoms with Gasteiger partial charge in [0.05, 0.1) is 0 Å². The van der Waals surface area contributed by atoms with E-state index in [1.807, 2.05) is 12.1 Å². The molecule has 242 valence electrons. The number of benzene rings is 9. The predicted octanol–water partition coefficient (Wildman–Crippen LogP) is 14.5. The van der Waals surface area contributed by atoms with E-state index in [4.69, 9.17) is 8.83 Å². The zero-order valence-electron chi connectivity index (χ0n) is 28.1. The molecule has 0 saturated heterocycles. The van der Waals surface area contributed by atoms with Crippen LogP contribution in [0.1, 0.15) is 0 Å². The molecule has 2 nitrogen and oxygen atoms in total. The zero-order chi connectivity index (χ0) is 34.2. The lowest BCUT2D eigenvalue weighted by atomic mass is 9.83. The molecular formula is C50H30O2. The normalized spacial score (nSPS) is 11.8. The van der Waals surface area contributed by atoms with Gasteiger partial charge in [-0.25, -0.2) is 0 Å². The Labute approximate surface area is 299 Å². The van der Waals surface area contributed by atoms with Crippen molar-refractivity contribution in [1.82, 2.24) is 0 Å². The minimum atomic E-state index is 0.890. The highest BCUT2D eigenvalue weighted by Gasteiger charge is 2.22. The van der Waals surface area contributed by atoms with Crippen LogP contribution in [-0.2, 0) is 0 Å². The van der Waals surface area contributed by atoms with E-state index in [0.717, 1.165) is 55.0 Å². The second-order valence-electron chi connectivity index (χ2n) is 13.5. The summed E-state index contributed by atoms with van der Waals surface area (Å²) in [6, 6.07) is 64.9. The van der Waals surface area contributed by atoms with Crippen molar-refractivity contribution in [3.05, 3.63) is 182 Å². The molecule has 0 unspecified atom stereocenters. The first-order chi connectivity index (χ1) is 25.8. The highest BCUT2D eigenvalue weighted by atomic mass is 16.3. The number of hydrogen-bond donors (Lipinski definition) is 0. The van der Waals surface area contributed by atoms with Crippen molar-refractivity contribution in [2.75, 3.05) is 0 Å². The minimum Gasteiger partial charge on any atom is -0.456 e. The summed E-state index contributed by atoms with van der Waals surface area (Å²) in [5, 5.41) is 9.34. The van der Waals surface area contributed by atoms with Crippen LogP contribution in [0, 0.1) is 0 Å². The largest absolute Gasteiger partial charge is 0.456 e. The van der Waals surface area contributed by atoms with Gasteiger partial charge in [0.2, 0.25) is 0 Å². The van der Waals surface area contributed by atoms with Crippen LogP contribution < -0.4 is 0 Å². The Bertz CT molecular complexity index is 3160. The quantitative estimate of drug-likeness (QED) is 0.175. The van der Waals surface area contributed by atoms with E-state index < -0.39 is 0 Å². The van der Waals surface area contributed by atoms with Crippen molar-refractivity contribution in [2.45, 2.75) is 0 Å². The van der Waals surface area contributed by atoms with Crippen LogP contribution in [0.4, 0.5) is 0 Å². The second-order valence-corrected chi connectivity index (χ2v) is 13.5. The topological polar surface area (TPSA) is 26.3 Å². The Hall–Kier alpha value is -6.90. The molecule has 0 aliphatic rings. The third-order valence-electron chi connectivity index (χ3n) is 10.7. The predicted molar refractivity (Wildman–Crippen MR) is 218 cm³/mol. The van der Waals surface area contributed by atoms with Crippen molar-refractivity contribution in [3.8, 4) is 44.5 Å². The van der Waals surface area contributed by atoms with E-state index in [-0.39, 0.29) is 0 Å². The standard InChI is InChI=1S/C50H30O2/c1-3-14-31(15-4-1)34-28-29-35(50-49(34)40-21-10-12-24-44(40)52-50)33-26-27-38-42(30-33)46(32-16-5-2-6-17-32)36-18-7-8-19-37(36)47(38)41-22-13-25-45-48(41)39-20-9-11-23-43(39)51-45/h1-30H. The van der Waals surface area contributed by atoms with E-state index in [0.29, 0.717) is 0 Å². The summed E-state index contributed by atoms with van der Waals surface area (Å²) in [4.78, 5) is 0. The first-order valence-electron chi connectivity index (χ1n) is 17.8. The summed E-state index contributed by atoms with van der Waals surface area (Å²) in [6.07, 6.45) is 0. The van der Waals surface area contributed by atoms with E-state index >= 15 is 0 Å². The maximum absolute atomic E-state index is 6.76. The molecular weight excluding hydrogens is 633 g/mol. The maximum Gasteiger partial charge on any atom is 0.143 e. The van der Waals surface area contributed by atoms with Crippen LogP contribution in [0.2, 0.25) is 0 Å². The molecule has 9 aromatic carbocycles. The first-order valence-corrected chi connectivity index (χ1v) is 17.8. The maximum atomic E-state index is 6.76. The number of furan rings is 2. The number of fused-ring (bicyclic) bond motifs is 8. The monoisotopic (exact) mass is 662 g/mol. The van der Waals surface area contributed by atoms with Crippen LogP contribution >= 0.6 is 0 Å². The van der Waals surface area contributed by atoms with Crippen molar-refractivity contribution in [1.29, 1.82) is 0 Å². The molecule has 0 spiro atoms. The molecule has 11 aromatic rings. The summed E-state index contributed by atoms with van der Waals surface area (Å²) in [6.45, 7) is 0. The summed E-state index contributed by atoms with van der Waals surface area (Å²) in [7, 11) is 0. The average molecular weight is 663 g/mol. The van der Waals surface area contributed by atoms with E-state index in [2.05, 4.69) is 170 Å². The second kappa shape index (κ2) is 11.3.